The number of carbonyl (C=O) groups is 1. The van der Waals surface area contributed by atoms with Gasteiger partial charge in [0.25, 0.3) is 0 Å². The Balaban J connectivity index is 1.14. The van der Waals surface area contributed by atoms with Gasteiger partial charge in [0.2, 0.25) is 5.95 Å². The number of benzene rings is 1. The average molecular weight is 593 g/mol. The van der Waals surface area contributed by atoms with Crippen LogP contribution in [-0.2, 0) is 18.3 Å². The number of hydrogen-bond donors (Lipinski definition) is 3. The molecule has 12 nitrogen and oxygen atoms in total. The van der Waals surface area contributed by atoms with Crippen molar-refractivity contribution in [3.05, 3.63) is 78.4 Å². The number of nitrogens with zero attached hydrogens (tertiary/aromatic N) is 7. The van der Waals surface area contributed by atoms with Gasteiger partial charge in [0.15, 0.2) is 0 Å². The average Bonchev–Trinajstić information content (AvgIpc) is 3.74. The van der Waals surface area contributed by atoms with E-state index in [2.05, 4.69) is 37.1 Å². The van der Waals surface area contributed by atoms with E-state index in [9.17, 15) is 10.1 Å². The number of nitriles is 1. The molecule has 1 saturated heterocycles. The van der Waals surface area contributed by atoms with Gasteiger partial charge in [-0.25, -0.2) is 14.8 Å². The standard InChI is InChI=1S/C32H36N10O2/c1-41-20-25(19-37-41)23-7-12-29(34-17-23)42(32(43)36-16-22-5-3-2-4-6-22)28-10-8-26(9-11-28)39-31-35-18-24(15-33)30(40-31)38-27-13-14-44-21-27/h2-7,12,17-20,26-28H,8-11,13-14,16,21H2,1H3,(H,36,43)(H2,35,38,39,40)/t26-,27?,28-. The Morgan fingerprint density at radius 3 is 2.52 bits per heavy atom. The molecule has 4 heterocycles. The number of hydrogen-bond acceptors (Lipinski definition) is 9. The maximum atomic E-state index is 13.7. The first-order valence-electron chi connectivity index (χ1n) is 15.0. The number of nitrogens with one attached hydrogen (secondary N) is 3. The molecular formula is C32H36N10O2. The molecular weight excluding hydrogens is 556 g/mol. The van der Waals surface area contributed by atoms with Gasteiger partial charge in [-0.3, -0.25) is 9.58 Å². The lowest BCUT2D eigenvalue weighted by Gasteiger charge is -2.36. The summed E-state index contributed by atoms with van der Waals surface area (Å²) in [7, 11) is 1.88. The summed E-state index contributed by atoms with van der Waals surface area (Å²) in [6.07, 6.45) is 11.2. The van der Waals surface area contributed by atoms with E-state index in [0.717, 1.165) is 48.8 Å². The maximum Gasteiger partial charge on any atom is 0.323 e. The smallest absolute Gasteiger partial charge is 0.323 e. The predicted molar refractivity (Wildman–Crippen MR) is 167 cm³/mol. The number of urea groups is 1. The molecule has 3 aromatic heterocycles. The summed E-state index contributed by atoms with van der Waals surface area (Å²) in [5.74, 6) is 1.62. The van der Waals surface area contributed by atoms with Crippen molar-refractivity contribution in [2.45, 2.75) is 56.8 Å². The van der Waals surface area contributed by atoms with Crippen molar-refractivity contribution < 1.29 is 9.53 Å². The number of anilines is 3. The Hall–Kier alpha value is -5.02. The highest BCUT2D eigenvalue weighted by Gasteiger charge is 2.31. The van der Waals surface area contributed by atoms with Crippen LogP contribution >= 0.6 is 0 Å². The summed E-state index contributed by atoms with van der Waals surface area (Å²) in [6.45, 7) is 1.72. The molecule has 2 aliphatic rings. The lowest BCUT2D eigenvalue weighted by atomic mass is 9.90. The summed E-state index contributed by atoms with van der Waals surface area (Å²) in [5, 5.41) is 23.7. The monoisotopic (exact) mass is 592 g/mol. The van der Waals surface area contributed by atoms with E-state index in [4.69, 9.17) is 9.72 Å². The fourth-order valence-electron chi connectivity index (χ4n) is 5.73. The topological polar surface area (TPSA) is 146 Å². The van der Waals surface area contributed by atoms with Crippen LogP contribution in [0.5, 0.6) is 0 Å². The van der Waals surface area contributed by atoms with Gasteiger partial charge in [0.1, 0.15) is 23.3 Å². The Morgan fingerprint density at radius 2 is 1.84 bits per heavy atom. The first-order valence-corrected chi connectivity index (χ1v) is 15.0. The van der Waals surface area contributed by atoms with E-state index in [-0.39, 0.29) is 24.2 Å². The lowest BCUT2D eigenvalue weighted by molar-refractivity contribution is 0.195. The third-order valence-electron chi connectivity index (χ3n) is 8.11. The fourth-order valence-corrected chi connectivity index (χ4v) is 5.73. The molecule has 226 valence electrons. The van der Waals surface area contributed by atoms with Gasteiger partial charge in [-0.1, -0.05) is 30.3 Å². The number of amides is 2. The zero-order valence-corrected chi connectivity index (χ0v) is 24.7. The minimum atomic E-state index is -0.172. The molecule has 1 aromatic carbocycles. The molecule has 3 N–H and O–H groups in total. The summed E-state index contributed by atoms with van der Waals surface area (Å²) in [5.41, 5.74) is 3.35. The Kier molecular flexibility index (Phi) is 8.93. The first-order chi connectivity index (χ1) is 21.6. The van der Waals surface area contributed by atoms with Crippen LogP contribution in [0.1, 0.15) is 43.2 Å². The number of ether oxygens (including phenoxy) is 1. The van der Waals surface area contributed by atoms with Crippen LogP contribution in [0.25, 0.3) is 11.1 Å². The van der Waals surface area contributed by atoms with Crippen LogP contribution in [-0.4, -0.2) is 62.1 Å². The Morgan fingerprint density at radius 1 is 1.00 bits per heavy atom. The van der Waals surface area contributed by atoms with Gasteiger partial charge in [0, 0.05) is 55.8 Å². The maximum absolute atomic E-state index is 13.7. The predicted octanol–water partition coefficient (Wildman–Crippen LogP) is 4.48. The molecule has 0 spiro atoms. The third kappa shape index (κ3) is 6.95. The highest BCUT2D eigenvalue weighted by molar-refractivity contribution is 5.91. The van der Waals surface area contributed by atoms with E-state index in [1.54, 1.807) is 28.2 Å². The second kappa shape index (κ2) is 13.5. The van der Waals surface area contributed by atoms with Crippen molar-refractivity contribution in [2.24, 2.45) is 7.05 Å². The van der Waals surface area contributed by atoms with Crippen molar-refractivity contribution in [3.8, 4) is 17.2 Å². The van der Waals surface area contributed by atoms with Crippen LogP contribution in [0.2, 0.25) is 0 Å². The molecule has 4 aromatic rings. The van der Waals surface area contributed by atoms with Crippen LogP contribution in [0, 0.1) is 11.3 Å². The summed E-state index contributed by atoms with van der Waals surface area (Å²) in [6, 6.07) is 16.0. The lowest BCUT2D eigenvalue weighted by Crippen LogP contribution is -2.49. The van der Waals surface area contributed by atoms with Gasteiger partial charge in [0.05, 0.1) is 25.0 Å². The van der Waals surface area contributed by atoms with Gasteiger partial charge < -0.3 is 20.7 Å². The molecule has 1 unspecified atom stereocenters. The molecule has 2 amide bonds. The van der Waals surface area contributed by atoms with Crippen LogP contribution in [0.15, 0.2) is 67.3 Å². The van der Waals surface area contributed by atoms with Crippen molar-refractivity contribution in [3.63, 3.8) is 0 Å². The van der Waals surface area contributed by atoms with Crippen molar-refractivity contribution in [1.29, 1.82) is 5.26 Å². The highest BCUT2D eigenvalue weighted by atomic mass is 16.5. The zero-order valence-electron chi connectivity index (χ0n) is 24.7. The van der Waals surface area contributed by atoms with Crippen LogP contribution < -0.4 is 20.9 Å². The first kappa shape index (κ1) is 29.1. The molecule has 6 rings (SSSR count). The molecule has 12 heteroatoms. The number of carbonyl (C=O) groups excluding carboxylic acids is 1. The minimum Gasteiger partial charge on any atom is -0.379 e. The normalized spacial score (nSPS) is 19.6. The second-order valence-electron chi connectivity index (χ2n) is 11.2. The van der Waals surface area contributed by atoms with Gasteiger partial charge in [-0.05, 0) is 49.8 Å². The molecule has 0 radical (unpaired) electrons. The van der Waals surface area contributed by atoms with Crippen molar-refractivity contribution in [2.75, 3.05) is 28.7 Å². The van der Waals surface area contributed by atoms with Gasteiger partial charge >= 0.3 is 6.03 Å². The van der Waals surface area contributed by atoms with E-state index >= 15 is 0 Å². The zero-order chi connectivity index (χ0) is 30.3. The van der Waals surface area contributed by atoms with Crippen molar-refractivity contribution >= 4 is 23.6 Å². The summed E-state index contributed by atoms with van der Waals surface area (Å²) >= 11 is 0. The fraction of sp³-hybridized carbons (Fsp3) is 0.375. The summed E-state index contributed by atoms with van der Waals surface area (Å²) < 4.78 is 7.21. The molecule has 1 atom stereocenters. The van der Waals surface area contributed by atoms with E-state index in [1.165, 1.54) is 0 Å². The van der Waals surface area contributed by atoms with E-state index < -0.39 is 0 Å². The molecule has 44 heavy (non-hydrogen) atoms. The van der Waals surface area contributed by atoms with E-state index in [1.807, 2.05) is 55.7 Å². The quantitative estimate of drug-likeness (QED) is 0.256. The van der Waals surface area contributed by atoms with E-state index in [0.29, 0.717) is 42.9 Å². The number of aromatic nitrogens is 5. The van der Waals surface area contributed by atoms with Gasteiger partial charge in [-0.2, -0.15) is 15.3 Å². The summed E-state index contributed by atoms with van der Waals surface area (Å²) in [4.78, 5) is 29.2. The SMILES string of the molecule is Cn1cc(-c2ccc(N(C(=O)NCc3ccccc3)[C@H]3CC[C@H](Nc4ncc(C#N)c(NC5CCOC5)n4)CC3)nc2)cn1. The molecule has 1 aliphatic heterocycles. The Labute approximate surface area is 256 Å². The third-order valence-corrected chi connectivity index (χ3v) is 8.11. The van der Waals surface area contributed by atoms with Crippen LogP contribution in [0.3, 0.4) is 0 Å². The number of rotatable bonds is 9. The number of pyridine rings is 1. The molecule has 1 saturated carbocycles. The largest absolute Gasteiger partial charge is 0.379 e. The molecule has 0 bridgehead atoms. The minimum absolute atomic E-state index is 0.0259. The molecule has 1 aliphatic carbocycles. The van der Waals surface area contributed by atoms with Crippen LogP contribution in [0.4, 0.5) is 22.4 Å². The van der Waals surface area contributed by atoms with Gasteiger partial charge in [-0.15, -0.1) is 0 Å². The Bertz CT molecular complexity index is 1590. The number of aryl methyl sites for hydroxylation is 1. The highest BCUT2D eigenvalue weighted by Crippen LogP contribution is 2.30. The van der Waals surface area contributed by atoms with Crippen molar-refractivity contribution in [1.82, 2.24) is 30.0 Å². The second-order valence-corrected chi connectivity index (χ2v) is 11.2. The molecule has 2 fully saturated rings.